The average molecular weight is 219 g/mol. The van der Waals surface area contributed by atoms with E-state index in [1.165, 1.54) is 12.8 Å². The minimum atomic E-state index is 0.625. The van der Waals surface area contributed by atoms with Crippen molar-refractivity contribution in [3.05, 3.63) is 17.6 Å². The molecule has 1 aromatic heterocycles. The molecule has 2 heterocycles. The summed E-state index contributed by atoms with van der Waals surface area (Å²) < 4.78 is 5.36. The number of ether oxygens (including phenoxy) is 1. The molecule has 3 rings (SSSR count). The first kappa shape index (κ1) is 10.0. The van der Waals surface area contributed by atoms with Crippen LogP contribution in [0.25, 0.3) is 0 Å². The number of morpholine rings is 1. The van der Waals surface area contributed by atoms with Gasteiger partial charge in [-0.3, -0.25) is 0 Å². The van der Waals surface area contributed by atoms with Crippen LogP contribution < -0.4 is 4.90 Å². The SMILES string of the molecule is Cc1cc(N2CCOCC2)nc(C2CC2)n1. The summed E-state index contributed by atoms with van der Waals surface area (Å²) in [5, 5.41) is 0. The molecule has 1 saturated heterocycles. The smallest absolute Gasteiger partial charge is 0.134 e. The molecule has 2 fully saturated rings. The molecule has 4 heteroatoms. The number of hydrogen-bond donors (Lipinski definition) is 0. The Morgan fingerprint density at radius 3 is 2.69 bits per heavy atom. The molecule has 16 heavy (non-hydrogen) atoms. The molecule has 2 aliphatic rings. The summed E-state index contributed by atoms with van der Waals surface area (Å²) in [5.74, 6) is 2.75. The fourth-order valence-corrected chi connectivity index (χ4v) is 2.05. The molecular weight excluding hydrogens is 202 g/mol. The minimum absolute atomic E-state index is 0.625. The monoisotopic (exact) mass is 219 g/mol. The zero-order valence-corrected chi connectivity index (χ0v) is 9.65. The quantitative estimate of drug-likeness (QED) is 0.755. The Kier molecular flexibility index (Phi) is 2.52. The summed E-state index contributed by atoms with van der Waals surface area (Å²) in [6, 6.07) is 2.08. The Hall–Kier alpha value is -1.16. The van der Waals surface area contributed by atoms with Crippen molar-refractivity contribution in [2.24, 2.45) is 0 Å². The third-order valence-corrected chi connectivity index (χ3v) is 3.14. The molecule has 1 aliphatic heterocycles. The molecule has 86 valence electrons. The summed E-state index contributed by atoms with van der Waals surface area (Å²) in [4.78, 5) is 11.5. The van der Waals surface area contributed by atoms with Crippen molar-refractivity contribution in [1.29, 1.82) is 0 Å². The van der Waals surface area contributed by atoms with E-state index in [-0.39, 0.29) is 0 Å². The fraction of sp³-hybridized carbons (Fsp3) is 0.667. The van der Waals surface area contributed by atoms with E-state index < -0.39 is 0 Å². The van der Waals surface area contributed by atoms with Gasteiger partial charge in [-0.1, -0.05) is 0 Å². The molecular formula is C12H17N3O. The van der Waals surface area contributed by atoms with Crippen molar-refractivity contribution < 1.29 is 4.74 Å². The van der Waals surface area contributed by atoms with E-state index in [0.717, 1.165) is 43.6 Å². The second-order valence-corrected chi connectivity index (χ2v) is 4.60. The second kappa shape index (κ2) is 4.01. The van der Waals surface area contributed by atoms with Crippen LogP contribution >= 0.6 is 0 Å². The van der Waals surface area contributed by atoms with Crippen molar-refractivity contribution in [2.75, 3.05) is 31.2 Å². The molecule has 4 nitrogen and oxygen atoms in total. The van der Waals surface area contributed by atoms with Gasteiger partial charge in [-0.2, -0.15) is 0 Å². The topological polar surface area (TPSA) is 38.2 Å². The normalized spacial score (nSPS) is 21.2. The maximum Gasteiger partial charge on any atom is 0.134 e. The molecule has 0 bridgehead atoms. The van der Waals surface area contributed by atoms with Crippen molar-refractivity contribution in [3.63, 3.8) is 0 Å². The van der Waals surface area contributed by atoms with Crippen LogP contribution in [0.15, 0.2) is 6.07 Å². The van der Waals surface area contributed by atoms with E-state index in [2.05, 4.69) is 27.9 Å². The Morgan fingerprint density at radius 1 is 1.25 bits per heavy atom. The maximum absolute atomic E-state index is 5.36. The van der Waals surface area contributed by atoms with Gasteiger partial charge in [0.1, 0.15) is 11.6 Å². The molecule has 1 aromatic rings. The predicted molar refractivity (Wildman–Crippen MR) is 61.8 cm³/mol. The predicted octanol–water partition coefficient (Wildman–Crippen LogP) is 1.50. The summed E-state index contributed by atoms with van der Waals surface area (Å²) in [6.07, 6.45) is 2.51. The summed E-state index contributed by atoms with van der Waals surface area (Å²) in [7, 11) is 0. The number of nitrogens with zero attached hydrogens (tertiary/aromatic N) is 3. The number of rotatable bonds is 2. The van der Waals surface area contributed by atoms with Gasteiger partial charge < -0.3 is 9.64 Å². The van der Waals surface area contributed by atoms with E-state index in [9.17, 15) is 0 Å². The average Bonchev–Trinajstić information content (AvgIpc) is 3.13. The van der Waals surface area contributed by atoms with Gasteiger partial charge in [-0.25, -0.2) is 9.97 Å². The lowest BCUT2D eigenvalue weighted by Crippen LogP contribution is -2.37. The van der Waals surface area contributed by atoms with Crippen LogP contribution in [-0.2, 0) is 4.74 Å². The second-order valence-electron chi connectivity index (χ2n) is 4.60. The number of aromatic nitrogens is 2. The van der Waals surface area contributed by atoms with Crippen LogP contribution in [0.1, 0.15) is 30.3 Å². The lowest BCUT2D eigenvalue weighted by molar-refractivity contribution is 0.122. The van der Waals surface area contributed by atoms with Gasteiger partial charge in [0.2, 0.25) is 0 Å². The van der Waals surface area contributed by atoms with Crippen molar-refractivity contribution in [2.45, 2.75) is 25.7 Å². The summed E-state index contributed by atoms with van der Waals surface area (Å²) in [5.41, 5.74) is 1.08. The van der Waals surface area contributed by atoms with Gasteiger partial charge in [0, 0.05) is 30.8 Å². The third kappa shape index (κ3) is 2.02. The minimum Gasteiger partial charge on any atom is -0.378 e. The van der Waals surface area contributed by atoms with Gasteiger partial charge in [0.05, 0.1) is 13.2 Å². The van der Waals surface area contributed by atoms with Crippen LogP contribution in [-0.4, -0.2) is 36.3 Å². The van der Waals surface area contributed by atoms with Crippen LogP contribution in [0.4, 0.5) is 5.82 Å². The first-order chi connectivity index (χ1) is 7.83. The third-order valence-electron chi connectivity index (χ3n) is 3.14. The number of hydrogen-bond acceptors (Lipinski definition) is 4. The van der Waals surface area contributed by atoms with E-state index in [1.54, 1.807) is 0 Å². The molecule has 1 aliphatic carbocycles. The highest BCUT2D eigenvalue weighted by molar-refractivity contribution is 5.40. The molecule has 0 aromatic carbocycles. The van der Waals surface area contributed by atoms with Crippen LogP contribution in [0.2, 0.25) is 0 Å². The van der Waals surface area contributed by atoms with Gasteiger partial charge in [0.15, 0.2) is 0 Å². The highest BCUT2D eigenvalue weighted by Gasteiger charge is 2.27. The maximum atomic E-state index is 5.36. The number of anilines is 1. The van der Waals surface area contributed by atoms with Gasteiger partial charge in [-0.15, -0.1) is 0 Å². The zero-order valence-electron chi connectivity index (χ0n) is 9.65. The summed E-state index contributed by atoms with van der Waals surface area (Å²) in [6.45, 7) is 5.56. The molecule has 0 spiro atoms. The van der Waals surface area contributed by atoms with Gasteiger partial charge in [-0.05, 0) is 19.8 Å². The van der Waals surface area contributed by atoms with E-state index in [4.69, 9.17) is 4.74 Å². The van der Waals surface area contributed by atoms with Crippen LogP contribution in [0.5, 0.6) is 0 Å². The van der Waals surface area contributed by atoms with E-state index in [0.29, 0.717) is 5.92 Å². The van der Waals surface area contributed by atoms with Gasteiger partial charge in [0.25, 0.3) is 0 Å². The molecule has 0 N–H and O–H groups in total. The standard InChI is InChI=1S/C12H17N3O/c1-9-8-11(15-4-6-16-7-5-15)14-12(13-9)10-2-3-10/h8,10H,2-7H2,1H3. The first-order valence-corrected chi connectivity index (χ1v) is 6.01. The fourth-order valence-electron chi connectivity index (χ4n) is 2.05. The molecule has 0 amide bonds. The van der Waals surface area contributed by atoms with Gasteiger partial charge >= 0.3 is 0 Å². The van der Waals surface area contributed by atoms with Crippen molar-refractivity contribution in [3.8, 4) is 0 Å². The van der Waals surface area contributed by atoms with Crippen molar-refractivity contribution >= 4 is 5.82 Å². The van der Waals surface area contributed by atoms with Crippen molar-refractivity contribution in [1.82, 2.24) is 9.97 Å². The molecule has 0 radical (unpaired) electrons. The summed E-state index contributed by atoms with van der Waals surface area (Å²) >= 11 is 0. The Bertz CT molecular complexity index is 384. The molecule has 0 atom stereocenters. The zero-order chi connectivity index (χ0) is 11.0. The molecule has 1 saturated carbocycles. The Labute approximate surface area is 95.7 Å². The van der Waals surface area contributed by atoms with E-state index in [1.807, 2.05) is 0 Å². The van der Waals surface area contributed by atoms with Crippen LogP contribution in [0.3, 0.4) is 0 Å². The lowest BCUT2D eigenvalue weighted by atomic mass is 10.3. The highest BCUT2D eigenvalue weighted by Crippen LogP contribution is 2.38. The van der Waals surface area contributed by atoms with Crippen LogP contribution in [0, 0.1) is 6.92 Å². The molecule has 0 unspecified atom stereocenters. The lowest BCUT2D eigenvalue weighted by Gasteiger charge is -2.28. The largest absolute Gasteiger partial charge is 0.378 e. The first-order valence-electron chi connectivity index (χ1n) is 6.01. The Balaban J connectivity index is 1.86. The van der Waals surface area contributed by atoms with E-state index >= 15 is 0 Å². The highest BCUT2D eigenvalue weighted by atomic mass is 16.5. The Morgan fingerprint density at radius 2 is 2.00 bits per heavy atom. The number of aryl methyl sites for hydroxylation is 1.